The SMILES string of the molecule is CC(F)C1(c2ccccc2)CC1. The molecule has 0 saturated heterocycles. The summed E-state index contributed by atoms with van der Waals surface area (Å²) in [5.41, 5.74) is 1.04. The smallest absolute Gasteiger partial charge is 0.107 e. The fourth-order valence-electron chi connectivity index (χ4n) is 1.82. The van der Waals surface area contributed by atoms with Gasteiger partial charge in [0.25, 0.3) is 0 Å². The van der Waals surface area contributed by atoms with E-state index in [0.717, 1.165) is 12.8 Å². The Labute approximate surface area is 72.4 Å². The van der Waals surface area contributed by atoms with Crippen LogP contribution in [0.1, 0.15) is 25.3 Å². The van der Waals surface area contributed by atoms with Crippen LogP contribution >= 0.6 is 0 Å². The fourth-order valence-corrected chi connectivity index (χ4v) is 1.82. The van der Waals surface area contributed by atoms with Gasteiger partial charge in [0.15, 0.2) is 0 Å². The molecule has 1 aliphatic rings. The van der Waals surface area contributed by atoms with Gasteiger partial charge in [-0.25, -0.2) is 4.39 Å². The molecule has 1 aromatic carbocycles. The first-order valence-corrected chi connectivity index (χ1v) is 4.45. The highest BCUT2D eigenvalue weighted by atomic mass is 19.1. The molecule has 1 heteroatoms. The van der Waals surface area contributed by atoms with Crippen molar-refractivity contribution >= 4 is 0 Å². The van der Waals surface area contributed by atoms with Gasteiger partial charge in [0.1, 0.15) is 6.17 Å². The first-order valence-electron chi connectivity index (χ1n) is 4.45. The molecule has 0 spiro atoms. The first-order chi connectivity index (χ1) is 5.76. The van der Waals surface area contributed by atoms with E-state index in [4.69, 9.17) is 0 Å². The molecule has 1 aliphatic carbocycles. The Morgan fingerprint density at radius 1 is 1.25 bits per heavy atom. The molecule has 1 fully saturated rings. The first kappa shape index (κ1) is 7.78. The Hall–Kier alpha value is -0.850. The van der Waals surface area contributed by atoms with Crippen LogP contribution in [0.2, 0.25) is 0 Å². The van der Waals surface area contributed by atoms with Crippen molar-refractivity contribution in [2.75, 3.05) is 0 Å². The third-order valence-electron chi connectivity index (χ3n) is 2.90. The van der Waals surface area contributed by atoms with Crippen molar-refractivity contribution in [2.24, 2.45) is 0 Å². The number of hydrogen-bond acceptors (Lipinski definition) is 0. The van der Waals surface area contributed by atoms with Crippen molar-refractivity contribution in [2.45, 2.75) is 31.4 Å². The molecule has 0 radical (unpaired) electrons. The maximum absolute atomic E-state index is 13.2. The summed E-state index contributed by atoms with van der Waals surface area (Å²) in [6, 6.07) is 10.0. The topological polar surface area (TPSA) is 0 Å². The molecule has 1 saturated carbocycles. The molecule has 0 aromatic heterocycles. The third kappa shape index (κ3) is 1.04. The highest BCUT2D eigenvalue weighted by Crippen LogP contribution is 2.51. The molecule has 0 bridgehead atoms. The molecular weight excluding hydrogens is 151 g/mol. The van der Waals surface area contributed by atoms with Gasteiger partial charge < -0.3 is 0 Å². The summed E-state index contributed by atoms with van der Waals surface area (Å²) >= 11 is 0. The lowest BCUT2D eigenvalue weighted by Gasteiger charge is -2.16. The van der Waals surface area contributed by atoms with Crippen LogP contribution in [-0.2, 0) is 5.41 Å². The van der Waals surface area contributed by atoms with Gasteiger partial charge in [-0.3, -0.25) is 0 Å². The number of rotatable bonds is 2. The Balaban J connectivity index is 2.31. The number of alkyl halides is 1. The van der Waals surface area contributed by atoms with E-state index in [0.29, 0.717) is 0 Å². The summed E-state index contributed by atoms with van der Waals surface area (Å²) in [6.07, 6.45) is 1.31. The Kier molecular flexibility index (Phi) is 1.67. The van der Waals surface area contributed by atoms with Crippen molar-refractivity contribution in [1.29, 1.82) is 0 Å². The van der Waals surface area contributed by atoms with Gasteiger partial charge in [-0.2, -0.15) is 0 Å². The lowest BCUT2D eigenvalue weighted by molar-refractivity contribution is 0.290. The second kappa shape index (κ2) is 2.58. The molecule has 1 aromatic rings. The largest absolute Gasteiger partial charge is 0.247 e. The highest BCUT2D eigenvalue weighted by Gasteiger charge is 2.49. The van der Waals surface area contributed by atoms with E-state index >= 15 is 0 Å². The summed E-state index contributed by atoms with van der Waals surface area (Å²) in [5, 5.41) is 0. The summed E-state index contributed by atoms with van der Waals surface area (Å²) in [7, 11) is 0. The van der Waals surface area contributed by atoms with Crippen molar-refractivity contribution in [3.05, 3.63) is 35.9 Å². The van der Waals surface area contributed by atoms with Gasteiger partial charge in [0.2, 0.25) is 0 Å². The van der Waals surface area contributed by atoms with E-state index in [9.17, 15) is 4.39 Å². The Morgan fingerprint density at radius 2 is 1.83 bits per heavy atom. The van der Waals surface area contributed by atoms with E-state index < -0.39 is 6.17 Å². The average molecular weight is 164 g/mol. The van der Waals surface area contributed by atoms with Gasteiger partial charge >= 0.3 is 0 Å². The molecule has 0 heterocycles. The van der Waals surface area contributed by atoms with Crippen LogP contribution in [0.25, 0.3) is 0 Å². The quantitative estimate of drug-likeness (QED) is 0.630. The third-order valence-corrected chi connectivity index (χ3v) is 2.90. The number of hydrogen-bond donors (Lipinski definition) is 0. The fraction of sp³-hybridized carbons (Fsp3) is 0.455. The number of halogens is 1. The molecule has 0 N–H and O–H groups in total. The van der Waals surface area contributed by atoms with Crippen LogP contribution in [0.3, 0.4) is 0 Å². The Morgan fingerprint density at radius 3 is 2.25 bits per heavy atom. The van der Waals surface area contributed by atoms with E-state index in [1.54, 1.807) is 6.92 Å². The van der Waals surface area contributed by atoms with Crippen molar-refractivity contribution in [3.63, 3.8) is 0 Å². The van der Waals surface area contributed by atoms with Crippen LogP contribution in [0.15, 0.2) is 30.3 Å². The molecule has 64 valence electrons. The minimum absolute atomic E-state index is 0.124. The average Bonchev–Trinajstić information content (AvgIpc) is 2.86. The maximum atomic E-state index is 13.2. The van der Waals surface area contributed by atoms with Crippen molar-refractivity contribution < 1.29 is 4.39 Å². The highest BCUT2D eigenvalue weighted by molar-refractivity contribution is 5.32. The molecule has 1 atom stereocenters. The second-order valence-corrected chi connectivity index (χ2v) is 3.64. The van der Waals surface area contributed by atoms with Gasteiger partial charge in [-0.05, 0) is 25.3 Å². The summed E-state index contributed by atoms with van der Waals surface area (Å²) in [4.78, 5) is 0. The minimum Gasteiger partial charge on any atom is -0.247 e. The predicted molar refractivity (Wildman–Crippen MR) is 47.9 cm³/mol. The summed E-state index contributed by atoms with van der Waals surface area (Å²) < 4.78 is 13.2. The van der Waals surface area contributed by atoms with Crippen LogP contribution < -0.4 is 0 Å². The minimum atomic E-state index is -0.708. The Bertz CT molecular complexity index is 260. The summed E-state index contributed by atoms with van der Waals surface area (Å²) in [6.45, 7) is 1.67. The molecule has 0 nitrogen and oxygen atoms in total. The molecular formula is C11H13F. The molecule has 12 heavy (non-hydrogen) atoms. The van der Waals surface area contributed by atoms with Crippen LogP contribution in [0.5, 0.6) is 0 Å². The summed E-state index contributed by atoms with van der Waals surface area (Å²) in [5.74, 6) is 0. The zero-order valence-electron chi connectivity index (χ0n) is 7.26. The predicted octanol–water partition coefficient (Wildman–Crippen LogP) is 3.08. The van der Waals surface area contributed by atoms with Crippen molar-refractivity contribution in [1.82, 2.24) is 0 Å². The van der Waals surface area contributed by atoms with E-state index in [2.05, 4.69) is 0 Å². The molecule has 2 rings (SSSR count). The molecule has 1 unspecified atom stereocenters. The lowest BCUT2D eigenvalue weighted by Crippen LogP contribution is -2.18. The monoisotopic (exact) mass is 164 g/mol. The normalized spacial score (nSPS) is 21.8. The van der Waals surface area contributed by atoms with Crippen LogP contribution in [0.4, 0.5) is 4.39 Å². The van der Waals surface area contributed by atoms with Gasteiger partial charge in [0.05, 0.1) is 0 Å². The van der Waals surface area contributed by atoms with Gasteiger partial charge in [-0.1, -0.05) is 30.3 Å². The lowest BCUT2D eigenvalue weighted by atomic mass is 9.92. The second-order valence-electron chi connectivity index (χ2n) is 3.64. The standard InChI is InChI=1S/C11H13F/c1-9(12)11(7-8-11)10-5-3-2-4-6-10/h2-6,9H,7-8H2,1H3. The maximum Gasteiger partial charge on any atom is 0.107 e. The van der Waals surface area contributed by atoms with E-state index in [-0.39, 0.29) is 5.41 Å². The molecule has 0 aliphatic heterocycles. The number of benzene rings is 1. The van der Waals surface area contributed by atoms with Crippen LogP contribution in [-0.4, -0.2) is 6.17 Å². The molecule has 0 amide bonds. The van der Waals surface area contributed by atoms with Crippen LogP contribution in [0, 0.1) is 0 Å². The van der Waals surface area contributed by atoms with Crippen molar-refractivity contribution in [3.8, 4) is 0 Å². The zero-order valence-corrected chi connectivity index (χ0v) is 7.26. The van der Waals surface area contributed by atoms with E-state index in [1.807, 2.05) is 30.3 Å². The van der Waals surface area contributed by atoms with Gasteiger partial charge in [-0.15, -0.1) is 0 Å². The van der Waals surface area contributed by atoms with Gasteiger partial charge in [0, 0.05) is 5.41 Å². The zero-order chi connectivity index (χ0) is 8.60. The van der Waals surface area contributed by atoms with E-state index in [1.165, 1.54) is 5.56 Å².